The minimum atomic E-state index is 0.909. The van der Waals surface area contributed by atoms with E-state index in [9.17, 15) is 0 Å². The SMILES string of the molecule is CCC1CCC(CNC2C3CC4CC(C3)CC2C4)CC1. The summed E-state index contributed by atoms with van der Waals surface area (Å²) in [5.74, 6) is 6.39. The Hall–Kier alpha value is -0.0400. The maximum Gasteiger partial charge on any atom is 0.0124 e. The van der Waals surface area contributed by atoms with Crippen molar-refractivity contribution in [3.05, 3.63) is 0 Å². The Bertz CT molecular complexity index is 301. The molecule has 5 rings (SSSR count). The number of rotatable bonds is 4. The summed E-state index contributed by atoms with van der Waals surface area (Å²) < 4.78 is 0. The van der Waals surface area contributed by atoms with Crippen LogP contribution in [0, 0.1) is 35.5 Å². The van der Waals surface area contributed by atoms with E-state index in [-0.39, 0.29) is 0 Å². The van der Waals surface area contributed by atoms with Crippen LogP contribution >= 0.6 is 0 Å². The minimum Gasteiger partial charge on any atom is -0.313 e. The fourth-order valence-corrected chi connectivity index (χ4v) is 6.41. The summed E-state index contributed by atoms with van der Waals surface area (Å²) >= 11 is 0. The molecule has 20 heavy (non-hydrogen) atoms. The zero-order valence-electron chi connectivity index (χ0n) is 13.3. The first kappa shape index (κ1) is 13.6. The average molecular weight is 275 g/mol. The fourth-order valence-electron chi connectivity index (χ4n) is 6.41. The van der Waals surface area contributed by atoms with Crippen LogP contribution in [-0.2, 0) is 0 Å². The van der Waals surface area contributed by atoms with Gasteiger partial charge in [0.2, 0.25) is 0 Å². The molecule has 0 unspecified atom stereocenters. The summed E-state index contributed by atoms with van der Waals surface area (Å²) in [5.41, 5.74) is 0. The lowest BCUT2D eigenvalue weighted by atomic mass is 9.54. The summed E-state index contributed by atoms with van der Waals surface area (Å²) in [7, 11) is 0. The van der Waals surface area contributed by atoms with Crippen molar-refractivity contribution >= 4 is 0 Å². The van der Waals surface area contributed by atoms with E-state index in [4.69, 9.17) is 0 Å². The van der Waals surface area contributed by atoms with Crippen molar-refractivity contribution in [1.29, 1.82) is 0 Å². The van der Waals surface area contributed by atoms with Crippen molar-refractivity contribution in [3.63, 3.8) is 0 Å². The van der Waals surface area contributed by atoms with Gasteiger partial charge in [-0.05, 0) is 87.0 Å². The third-order valence-electron chi connectivity index (χ3n) is 7.41. The summed E-state index contributed by atoms with van der Waals surface area (Å²) in [6.07, 6.45) is 15.3. The van der Waals surface area contributed by atoms with E-state index >= 15 is 0 Å². The molecular formula is C19H33N. The van der Waals surface area contributed by atoms with E-state index < -0.39 is 0 Å². The Kier molecular flexibility index (Phi) is 3.83. The lowest BCUT2D eigenvalue weighted by Crippen LogP contribution is -2.55. The molecule has 0 aliphatic heterocycles. The molecule has 0 heterocycles. The molecule has 1 nitrogen and oxygen atoms in total. The summed E-state index contributed by atoms with van der Waals surface area (Å²) in [5, 5.41) is 4.07. The quantitative estimate of drug-likeness (QED) is 0.789. The molecule has 0 spiro atoms. The molecule has 5 saturated carbocycles. The molecule has 0 amide bonds. The van der Waals surface area contributed by atoms with Gasteiger partial charge in [-0.3, -0.25) is 0 Å². The zero-order chi connectivity index (χ0) is 13.5. The predicted molar refractivity (Wildman–Crippen MR) is 84.6 cm³/mol. The largest absolute Gasteiger partial charge is 0.313 e. The van der Waals surface area contributed by atoms with E-state index in [0.29, 0.717) is 0 Å². The maximum atomic E-state index is 4.07. The molecule has 114 valence electrons. The molecular weight excluding hydrogens is 242 g/mol. The second-order valence-corrected chi connectivity index (χ2v) is 8.66. The van der Waals surface area contributed by atoms with Crippen molar-refractivity contribution in [2.75, 3.05) is 6.54 Å². The van der Waals surface area contributed by atoms with Crippen LogP contribution in [0.25, 0.3) is 0 Å². The molecule has 5 aliphatic carbocycles. The molecule has 0 aromatic carbocycles. The second-order valence-electron chi connectivity index (χ2n) is 8.66. The van der Waals surface area contributed by atoms with Crippen LogP contribution in [-0.4, -0.2) is 12.6 Å². The van der Waals surface area contributed by atoms with Gasteiger partial charge in [0, 0.05) is 6.04 Å². The van der Waals surface area contributed by atoms with Crippen LogP contribution in [0.5, 0.6) is 0 Å². The van der Waals surface area contributed by atoms with Gasteiger partial charge in [-0.2, -0.15) is 0 Å². The lowest BCUT2D eigenvalue weighted by molar-refractivity contribution is -0.0154. The topological polar surface area (TPSA) is 12.0 Å². The third-order valence-corrected chi connectivity index (χ3v) is 7.41. The van der Waals surface area contributed by atoms with Crippen LogP contribution in [0.15, 0.2) is 0 Å². The third kappa shape index (κ3) is 2.56. The average Bonchev–Trinajstić information content (AvgIpc) is 2.46. The first-order valence-corrected chi connectivity index (χ1v) is 9.55. The lowest BCUT2D eigenvalue weighted by Gasteiger charge is -2.55. The molecule has 0 aromatic heterocycles. The van der Waals surface area contributed by atoms with Gasteiger partial charge in [0.15, 0.2) is 0 Å². The van der Waals surface area contributed by atoms with E-state index in [1.54, 1.807) is 32.1 Å². The standard InChI is InChI=1S/C19H33N/c1-2-13-3-5-14(6-4-13)12-20-19-17-8-15-7-16(10-17)11-18(19)9-15/h13-20H,2-12H2,1H3. The monoisotopic (exact) mass is 275 g/mol. The highest BCUT2D eigenvalue weighted by molar-refractivity contribution is 5.01. The van der Waals surface area contributed by atoms with Gasteiger partial charge in [0.1, 0.15) is 0 Å². The van der Waals surface area contributed by atoms with E-state index in [0.717, 1.165) is 41.5 Å². The van der Waals surface area contributed by atoms with Gasteiger partial charge in [0.05, 0.1) is 0 Å². The van der Waals surface area contributed by atoms with Gasteiger partial charge in [0.25, 0.3) is 0 Å². The molecule has 0 saturated heterocycles. The smallest absolute Gasteiger partial charge is 0.0124 e. The van der Waals surface area contributed by atoms with Crippen molar-refractivity contribution in [2.45, 2.75) is 77.2 Å². The molecule has 1 heteroatoms. The predicted octanol–water partition coefficient (Wildman–Crippen LogP) is 4.62. The highest BCUT2D eigenvalue weighted by atomic mass is 14.9. The van der Waals surface area contributed by atoms with Crippen molar-refractivity contribution in [2.24, 2.45) is 35.5 Å². The second kappa shape index (κ2) is 5.63. The fraction of sp³-hybridized carbons (Fsp3) is 1.00. The molecule has 4 bridgehead atoms. The maximum absolute atomic E-state index is 4.07. The van der Waals surface area contributed by atoms with Crippen molar-refractivity contribution in [1.82, 2.24) is 5.32 Å². The van der Waals surface area contributed by atoms with Gasteiger partial charge in [-0.1, -0.05) is 26.2 Å². The van der Waals surface area contributed by atoms with E-state index in [2.05, 4.69) is 12.2 Å². The van der Waals surface area contributed by atoms with E-state index in [1.807, 2.05) is 0 Å². The van der Waals surface area contributed by atoms with Gasteiger partial charge in [-0.25, -0.2) is 0 Å². The molecule has 0 aromatic rings. The Balaban J connectivity index is 1.28. The number of nitrogens with one attached hydrogen (secondary N) is 1. The van der Waals surface area contributed by atoms with Gasteiger partial charge >= 0.3 is 0 Å². The van der Waals surface area contributed by atoms with Gasteiger partial charge in [-0.15, -0.1) is 0 Å². The number of hydrogen-bond donors (Lipinski definition) is 1. The van der Waals surface area contributed by atoms with Crippen molar-refractivity contribution in [3.8, 4) is 0 Å². The molecule has 0 atom stereocenters. The molecule has 5 aliphatic rings. The Morgan fingerprint density at radius 1 is 0.750 bits per heavy atom. The summed E-state index contributed by atoms with van der Waals surface area (Å²) in [6, 6.07) is 0.909. The van der Waals surface area contributed by atoms with Crippen LogP contribution in [0.2, 0.25) is 0 Å². The molecule has 1 N–H and O–H groups in total. The van der Waals surface area contributed by atoms with E-state index in [1.165, 1.54) is 38.6 Å². The first-order valence-electron chi connectivity index (χ1n) is 9.55. The molecule has 0 radical (unpaired) electrons. The Morgan fingerprint density at radius 2 is 1.30 bits per heavy atom. The number of hydrogen-bond acceptors (Lipinski definition) is 1. The first-order chi connectivity index (χ1) is 9.81. The highest BCUT2D eigenvalue weighted by Gasteiger charge is 2.47. The Morgan fingerprint density at radius 3 is 1.85 bits per heavy atom. The normalized spacial score (nSPS) is 50.5. The summed E-state index contributed by atoms with van der Waals surface area (Å²) in [6.45, 7) is 3.71. The van der Waals surface area contributed by atoms with Crippen molar-refractivity contribution < 1.29 is 0 Å². The molecule has 5 fully saturated rings. The Labute approximate surface area is 125 Å². The summed E-state index contributed by atoms with van der Waals surface area (Å²) in [4.78, 5) is 0. The van der Waals surface area contributed by atoms with Crippen LogP contribution in [0.3, 0.4) is 0 Å². The minimum absolute atomic E-state index is 0.909. The van der Waals surface area contributed by atoms with Crippen LogP contribution < -0.4 is 5.32 Å². The zero-order valence-corrected chi connectivity index (χ0v) is 13.3. The van der Waals surface area contributed by atoms with Crippen LogP contribution in [0.4, 0.5) is 0 Å². The highest BCUT2D eigenvalue weighted by Crippen LogP contribution is 2.53. The van der Waals surface area contributed by atoms with Crippen LogP contribution in [0.1, 0.15) is 71.1 Å². The van der Waals surface area contributed by atoms with Gasteiger partial charge < -0.3 is 5.32 Å².